The molecule has 0 atom stereocenters. The van der Waals surface area contributed by atoms with Gasteiger partial charge in [0, 0.05) is 0 Å². The van der Waals surface area contributed by atoms with Gasteiger partial charge in [-0.25, -0.2) is 4.39 Å². The van der Waals surface area contributed by atoms with Crippen molar-refractivity contribution < 1.29 is 14.3 Å². The Balaban J connectivity index is 2.15. The summed E-state index contributed by atoms with van der Waals surface area (Å²) in [5.41, 5.74) is 6.33. The summed E-state index contributed by atoms with van der Waals surface area (Å²) in [5, 5.41) is 9.15. The van der Waals surface area contributed by atoms with Gasteiger partial charge in [-0.2, -0.15) is 0 Å². The molecule has 23 heavy (non-hydrogen) atoms. The highest BCUT2D eigenvalue weighted by molar-refractivity contribution is 6.07. The Morgan fingerprint density at radius 3 is 2.43 bits per heavy atom. The zero-order valence-electron chi connectivity index (χ0n) is 13.1. The van der Waals surface area contributed by atoms with E-state index in [4.69, 9.17) is 5.11 Å². The molecular weight excluding hydrogens is 291 g/mol. The molecule has 3 rings (SSSR count). The van der Waals surface area contributed by atoms with Crippen molar-refractivity contribution in [3.63, 3.8) is 0 Å². The monoisotopic (exact) mass is 308 g/mol. The Kier molecular flexibility index (Phi) is 3.87. The van der Waals surface area contributed by atoms with Gasteiger partial charge in [0.05, 0.1) is 6.42 Å². The topological polar surface area (TPSA) is 37.3 Å². The van der Waals surface area contributed by atoms with Gasteiger partial charge in [0.2, 0.25) is 0 Å². The molecule has 2 nitrogen and oxygen atoms in total. The molecule has 0 amide bonds. The zero-order chi connectivity index (χ0) is 16.6. The third-order valence-electron chi connectivity index (χ3n) is 4.17. The molecule has 0 aliphatic heterocycles. The molecule has 0 bridgehead atoms. The first-order valence-corrected chi connectivity index (χ1v) is 7.46. The molecular formula is C20H17FO2. The summed E-state index contributed by atoms with van der Waals surface area (Å²) >= 11 is 0. The van der Waals surface area contributed by atoms with E-state index in [9.17, 15) is 9.18 Å². The first kappa shape index (κ1) is 15.2. The molecule has 1 aliphatic carbocycles. The number of rotatable bonds is 3. The highest BCUT2D eigenvalue weighted by Crippen LogP contribution is 2.43. The molecule has 3 heteroatoms. The maximum atomic E-state index is 13.6. The smallest absolute Gasteiger partial charge is 0.307 e. The summed E-state index contributed by atoms with van der Waals surface area (Å²) < 4.78 is 13.6. The number of fused-ring (bicyclic) bond motifs is 1. The van der Waals surface area contributed by atoms with Crippen LogP contribution in [0.2, 0.25) is 0 Å². The predicted octanol–water partition coefficient (Wildman–Crippen LogP) is 4.94. The van der Waals surface area contributed by atoms with Crippen LogP contribution in [0.25, 0.3) is 17.2 Å². The molecule has 2 aromatic rings. The second-order valence-electron chi connectivity index (χ2n) is 5.83. The van der Waals surface area contributed by atoms with Crippen LogP contribution in [0.1, 0.15) is 35.6 Å². The maximum Gasteiger partial charge on any atom is 0.307 e. The molecule has 0 aromatic heterocycles. The molecule has 116 valence electrons. The first-order chi connectivity index (χ1) is 11.0. The van der Waals surface area contributed by atoms with E-state index in [1.165, 1.54) is 17.7 Å². The van der Waals surface area contributed by atoms with Crippen LogP contribution in [0.5, 0.6) is 0 Å². The van der Waals surface area contributed by atoms with Crippen molar-refractivity contribution in [2.45, 2.75) is 20.3 Å². The number of hydrogen-bond donors (Lipinski definition) is 1. The number of hydrogen-bond acceptors (Lipinski definition) is 1. The standard InChI is InChI=1S/C20H17FO2/c1-12-3-5-14(6-4-12)9-17-13(2)18(11-20(22)23)19-10-15(21)7-8-16(17)19/h3-10H,11H2,1-2H3,(H,22,23)/b17-9-. The lowest BCUT2D eigenvalue weighted by Crippen LogP contribution is -1.97. The summed E-state index contributed by atoms with van der Waals surface area (Å²) in [6.45, 7) is 3.93. The molecule has 0 radical (unpaired) electrons. The number of carbonyl (C=O) groups is 1. The Morgan fingerprint density at radius 1 is 1.09 bits per heavy atom. The molecule has 1 N–H and O–H groups in total. The van der Waals surface area contributed by atoms with Gasteiger partial charge in [-0.3, -0.25) is 4.79 Å². The fourth-order valence-electron chi connectivity index (χ4n) is 2.96. The van der Waals surface area contributed by atoms with Crippen molar-refractivity contribution >= 4 is 23.2 Å². The van der Waals surface area contributed by atoms with Gasteiger partial charge in [-0.05, 0) is 65.5 Å². The van der Waals surface area contributed by atoms with E-state index in [-0.39, 0.29) is 12.2 Å². The van der Waals surface area contributed by atoms with Crippen LogP contribution < -0.4 is 0 Å². The van der Waals surface area contributed by atoms with E-state index in [0.717, 1.165) is 22.3 Å². The van der Waals surface area contributed by atoms with Crippen LogP contribution in [0.4, 0.5) is 4.39 Å². The van der Waals surface area contributed by atoms with Gasteiger partial charge in [0.15, 0.2) is 0 Å². The van der Waals surface area contributed by atoms with Crippen molar-refractivity contribution in [3.05, 3.63) is 76.1 Å². The molecule has 1 aliphatic rings. The van der Waals surface area contributed by atoms with Crippen LogP contribution in [-0.2, 0) is 4.79 Å². The first-order valence-electron chi connectivity index (χ1n) is 7.46. The van der Waals surface area contributed by atoms with Crippen LogP contribution in [0.3, 0.4) is 0 Å². The van der Waals surface area contributed by atoms with Crippen molar-refractivity contribution in [1.82, 2.24) is 0 Å². The van der Waals surface area contributed by atoms with E-state index in [1.54, 1.807) is 6.07 Å². The van der Waals surface area contributed by atoms with Gasteiger partial charge in [0.25, 0.3) is 0 Å². The average Bonchev–Trinajstić information content (AvgIpc) is 2.74. The van der Waals surface area contributed by atoms with E-state index >= 15 is 0 Å². The normalized spacial score (nSPS) is 15.2. The SMILES string of the molecule is CC1=C(CC(=O)O)c2cc(F)ccc2/C1=C\c1ccc(C)cc1. The molecule has 2 aromatic carbocycles. The van der Waals surface area contributed by atoms with Crippen LogP contribution >= 0.6 is 0 Å². The van der Waals surface area contributed by atoms with Gasteiger partial charge >= 0.3 is 5.97 Å². The predicted molar refractivity (Wildman–Crippen MR) is 90.3 cm³/mol. The van der Waals surface area contributed by atoms with Crippen LogP contribution in [0, 0.1) is 12.7 Å². The Labute approximate surface area is 134 Å². The van der Waals surface area contributed by atoms with Crippen LogP contribution in [0.15, 0.2) is 48.0 Å². The van der Waals surface area contributed by atoms with Gasteiger partial charge in [0.1, 0.15) is 5.82 Å². The third-order valence-corrected chi connectivity index (χ3v) is 4.17. The molecule has 0 spiro atoms. The van der Waals surface area contributed by atoms with E-state index in [2.05, 4.69) is 0 Å². The number of aryl methyl sites for hydroxylation is 1. The highest BCUT2D eigenvalue weighted by Gasteiger charge is 2.25. The third kappa shape index (κ3) is 2.95. The molecule has 0 fully saturated rings. The number of benzene rings is 2. The van der Waals surface area contributed by atoms with Crippen molar-refractivity contribution in [2.75, 3.05) is 0 Å². The van der Waals surface area contributed by atoms with Gasteiger partial charge < -0.3 is 5.11 Å². The molecule has 0 saturated heterocycles. The second-order valence-corrected chi connectivity index (χ2v) is 5.83. The highest BCUT2D eigenvalue weighted by atomic mass is 19.1. The van der Waals surface area contributed by atoms with E-state index in [0.29, 0.717) is 11.1 Å². The summed E-state index contributed by atoms with van der Waals surface area (Å²) in [6, 6.07) is 12.7. The summed E-state index contributed by atoms with van der Waals surface area (Å²) in [6.07, 6.45) is 1.92. The lowest BCUT2D eigenvalue weighted by Gasteiger charge is -2.05. The van der Waals surface area contributed by atoms with Crippen molar-refractivity contribution in [3.8, 4) is 0 Å². The summed E-state index contributed by atoms with van der Waals surface area (Å²) in [7, 11) is 0. The fraction of sp³-hybridized carbons (Fsp3) is 0.150. The second kappa shape index (κ2) is 5.84. The minimum atomic E-state index is -0.911. The fourth-order valence-corrected chi connectivity index (χ4v) is 2.96. The Hall–Kier alpha value is -2.68. The Bertz CT molecular complexity index is 842. The number of carboxylic acid groups (broad SMARTS) is 1. The minimum absolute atomic E-state index is 0.104. The quantitative estimate of drug-likeness (QED) is 0.872. The average molecular weight is 308 g/mol. The molecule has 0 unspecified atom stereocenters. The largest absolute Gasteiger partial charge is 0.481 e. The van der Waals surface area contributed by atoms with E-state index in [1.807, 2.05) is 44.2 Å². The van der Waals surface area contributed by atoms with Gasteiger partial charge in [-0.15, -0.1) is 0 Å². The van der Waals surface area contributed by atoms with Gasteiger partial charge in [-0.1, -0.05) is 35.9 Å². The lowest BCUT2D eigenvalue weighted by molar-refractivity contribution is -0.135. The molecule has 0 heterocycles. The summed E-state index contributed by atoms with van der Waals surface area (Å²) in [4.78, 5) is 11.2. The maximum absolute atomic E-state index is 13.6. The lowest BCUT2D eigenvalue weighted by atomic mass is 10.00. The number of carboxylic acids is 1. The van der Waals surface area contributed by atoms with Crippen LogP contribution in [-0.4, -0.2) is 11.1 Å². The number of aliphatic carboxylic acids is 1. The minimum Gasteiger partial charge on any atom is -0.481 e. The number of allylic oxidation sites excluding steroid dienone is 2. The zero-order valence-corrected chi connectivity index (χ0v) is 13.1. The van der Waals surface area contributed by atoms with Crippen molar-refractivity contribution in [1.29, 1.82) is 0 Å². The Morgan fingerprint density at radius 2 is 1.78 bits per heavy atom. The molecule has 0 saturated carbocycles. The number of halogens is 1. The summed E-state index contributed by atoms with van der Waals surface area (Å²) in [5.74, 6) is -1.26. The van der Waals surface area contributed by atoms with E-state index < -0.39 is 5.97 Å². The van der Waals surface area contributed by atoms with Crippen molar-refractivity contribution in [2.24, 2.45) is 0 Å².